The van der Waals surface area contributed by atoms with Gasteiger partial charge in [0.05, 0.1) is 5.56 Å². The molecule has 0 spiro atoms. The number of Topliss-reactive ketones (excluding diaryl/α,β-unsaturated/α-hetero) is 1. The van der Waals surface area contributed by atoms with Crippen LogP contribution < -0.4 is 0 Å². The number of hydrogen-bond donors (Lipinski definition) is 1. The number of carbonyl (C=O) groups excluding carboxylic acids is 1. The highest BCUT2D eigenvalue weighted by molar-refractivity contribution is 6.07. The van der Waals surface area contributed by atoms with Crippen LogP contribution in [0.4, 0.5) is 8.78 Å². The van der Waals surface area contributed by atoms with Crippen LogP contribution in [0.15, 0.2) is 18.2 Å². The molecule has 1 aromatic rings. The van der Waals surface area contributed by atoms with Crippen molar-refractivity contribution < 1.29 is 23.5 Å². The molecule has 1 aromatic carbocycles. The van der Waals surface area contributed by atoms with E-state index in [4.69, 9.17) is 5.11 Å². The molecule has 1 atom stereocenters. The number of carbonyl (C=O) groups is 2. The lowest BCUT2D eigenvalue weighted by Gasteiger charge is -2.05. The molecule has 0 saturated carbocycles. The average Bonchev–Trinajstić information content (AvgIpc) is 2.15. The first-order chi connectivity index (χ1) is 6.93. The second kappa shape index (κ2) is 4.16. The largest absolute Gasteiger partial charge is 0.481 e. The smallest absolute Gasteiger partial charge is 0.314 e. The quantitative estimate of drug-likeness (QED) is 0.617. The van der Waals surface area contributed by atoms with E-state index in [1.165, 1.54) is 0 Å². The normalized spacial score (nSPS) is 12.2. The number of rotatable bonds is 3. The Labute approximate surface area is 84.3 Å². The Kier molecular flexibility index (Phi) is 3.14. The van der Waals surface area contributed by atoms with Gasteiger partial charge in [-0.15, -0.1) is 0 Å². The Hall–Kier alpha value is -1.78. The van der Waals surface area contributed by atoms with E-state index in [1.54, 1.807) is 0 Å². The number of carboxylic acids is 1. The lowest BCUT2D eigenvalue weighted by molar-refractivity contribution is -0.139. The molecule has 0 saturated heterocycles. The van der Waals surface area contributed by atoms with Crippen molar-refractivity contribution in [2.24, 2.45) is 5.92 Å². The van der Waals surface area contributed by atoms with Gasteiger partial charge in [-0.05, 0) is 19.1 Å². The van der Waals surface area contributed by atoms with E-state index in [0.717, 1.165) is 19.1 Å². The summed E-state index contributed by atoms with van der Waals surface area (Å²) in [6, 6.07) is 2.39. The molecular formula is C10H8F2O3. The summed E-state index contributed by atoms with van der Waals surface area (Å²) in [6.45, 7) is 1.15. The zero-order chi connectivity index (χ0) is 11.6. The van der Waals surface area contributed by atoms with Crippen LogP contribution in [0.3, 0.4) is 0 Å². The third kappa shape index (κ3) is 2.37. The van der Waals surface area contributed by atoms with Crippen molar-refractivity contribution in [1.29, 1.82) is 0 Å². The van der Waals surface area contributed by atoms with E-state index >= 15 is 0 Å². The molecule has 0 amide bonds. The fourth-order valence-corrected chi connectivity index (χ4v) is 1.03. The van der Waals surface area contributed by atoms with E-state index in [1.807, 2.05) is 0 Å². The van der Waals surface area contributed by atoms with Gasteiger partial charge in [-0.25, -0.2) is 8.78 Å². The Balaban J connectivity index is 3.07. The Morgan fingerprint density at radius 3 is 2.40 bits per heavy atom. The molecule has 0 aromatic heterocycles. The first kappa shape index (κ1) is 11.3. The summed E-state index contributed by atoms with van der Waals surface area (Å²) in [4.78, 5) is 21.8. The van der Waals surface area contributed by atoms with Crippen LogP contribution in [-0.4, -0.2) is 16.9 Å². The Bertz CT molecular complexity index is 415. The fourth-order valence-electron chi connectivity index (χ4n) is 1.03. The van der Waals surface area contributed by atoms with Gasteiger partial charge < -0.3 is 5.11 Å². The van der Waals surface area contributed by atoms with Crippen molar-refractivity contribution in [2.45, 2.75) is 6.92 Å². The topological polar surface area (TPSA) is 54.4 Å². The summed E-state index contributed by atoms with van der Waals surface area (Å²) in [7, 11) is 0. The number of hydrogen-bond acceptors (Lipinski definition) is 2. The number of benzene rings is 1. The van der Waals surface area contributed by atoms with E-state index in [0.29, 0.717) is 6.07 Å². The van der Waals surface area contributed by atoms with Crippen molar-refractivity contribution in [3.05, 3.63) is 35.4 Å². The summed E-state index contributed by atoms with van der Waals surface area (Å²) in [5.41, 5.74) is -0.411. The highest BCUT2D eigenvalue weighted by Gasteiger charge is 2.24. The van der Waals surface area contributed by atoms with Crippen LogP contribution in [0.1, 0.15) is 17.3 Å². The molecule has 0 heterocycles. The molecule has 0 aliphatic carbocycles. The molecule has 0 bridgehead atoms. The third-order valence-electron chi connectivity index (χ3n) is 1.96. The van der Waals surface area contributed by atoms with E-state index in [-0.39, 0.29) is 0 Å². The standard InChI is InChI=1S/C10H8F2O3/c1-5(10(14)15)9(13)7-3-2-6(11)4-8(7)12/h2-5H,1H3,(H,14,15). The van der Waals surface area contributed by atoms with E-state index in [9.17, 15) is 18.4 Å². The number of aliphatic carboxylic acids is 1. The average molecular weight is 214 g/mol. The minimum absolute atomic E-state index is 0.411. The van der Waals surface area contributed by atoms with Crippen LogP contribution in [0.25, 0.3) is 0 Å². The first-order valence-electron chi connectivity index (χ1n) is 4.15. The molecule has 1 rings (SSSR count). The SMILES string of the molecule is CC(C(=O)O)C(=O)c1ccc(F)cc1F. The van der Waals surface area contributed by atoms with Crippen molar-refractivity contribution >= 4 is 11.8 Å². The molecule has 15 heavy (non-hydrogen) atoms. The minimum atomic E-state index is -1.34. The van der Waals surface area contributed by atoms with Crippen LogP contribution in [0.5, 0.6) is 0 Å². The van der Waals surface area contributed by atoms with Crippen LogP contribution in [0.2, 0.25) is 0 Å². The fraction of sp³-hybridized carbons (Fsp3) is 0.200. The van der Waals surface area contributed by atoms with Crippen molar-refractivity contribution in [1.82, 2.24) is 0 Å². The Morgan fingerprint density at radius 2 is 1.93 bits per heavy atom. The van der Waals surface area contributed by atoms with Crippen LogP contribution in [0, 0.1) is 17.6 Å². The zero-order valence-electron chi connectivity index (χ0n) is 7.83. The van der Waals surface area contributed by atoms with Gasteiger partial charge in [-0.3, -0.25) is 9.59 Å². The maximum atomic E-state index is 13.1. The first-order valence-corrected chi connectivity index (χ1v) is 4.15. The number of ketones is 1. The highest BCUT2D eigenvalue weighted by atomic mass is 19.1. The van der Waals surface area contributed by atoms with Gasteiger partial charge in [0, 0.05) is 6.07 Å². The van der Waals surface area contributed by atoms with Gasteiger partial charge in [-0.1, -0.05) is 0 Å². The molecule has 0 radical (unpaired) electrons. The second-order valence-electron chi connectivity index (χ2n) is 3.05. The van der Waals surface area contributed by atoms with Crippen LogP contribution >= 0.6 is 0 Å². The molecule has 1 unspecified atom stereocenters. The second-order valence-corrected chi connectivity index (χ2v) is 3.05. The molecule has 0 aliphatic heterocycles. The van der Waals surface area contributed by atoms with Gasteiger partial charge in [-0.2, -0.15) is 0 Å². The predicted octanol–water partition coefficient (Wildman–Crippen LogP) is 1.87. The number of halogens is 2. The molecular weight excluding hydrogens is 206 g/mol. The third-order valence-corrected chi connectivity index (χ3v) is 1.96. The minimum Gasteiger partial charge on any atom is -0.481 e. The summed E-state index contributed by atoms with van der Waals surface area (Å²) in [6.07, 6.45) is 0. The van der Waals surface area contributed by atoms with Gasteiger partial charge in [0.1, 0.15) is 17.6 Å². The lowest BCUT2D eigenvalue weighted by Crippen LogP contribution is -2.21. The lowest BCUT2D eigenvalue weighted by atomic mass is 9.99. The van der Waals surface area contributed by atoms with Gasteiger partial charge >= 0.3 is 5.97 Å². The zero-order valence-corrected chi connectivity index (χ0v) is 7.83. The summed E-state index contributed by atoms with van der Waals surface area (Å²) in [5, 5.41) is 8.54. The molecule has 80 valence electrons. The molecule has 5 heteroatoms. The summed E-state index contributed by atoms with van der Waals surface area (Å²) >= 11 is 0. The molecule has 0 fully saturated rings. The van der Waals surface area contributed by atoms with E-state index in [2.05, 4.69) is 0 Å². The molecule has 0 aliphatic rings. The maximum Gasteiger partial charge on any atom is 0.314 e. The Morgan fingerprint density at radius 1 is 1.33 bits per heavy atom. The highest BCUT2D eigenvalue weighted by Crippen LogP contribution is 2.14. The summed E-state index contributed by atoms with van der Waals surface area (Å²) in [5.74, 6) is -5.42. The van der Waals surface area contributed by atoms with Crippen molar-refractivity contribution in [3.63, 3.8) is 0 Å². The number of carboxylic acid groups (broad SMARTS) is 1. The predicted molar refractivity (Wildman–Crippen MR) is 47.5 cm³/mol. The molecule has 1 N–H and O–H groups in total. The van der Waals surface area contributed by atoms with Gasteiger partial charge in [0.15, 0.2) is 5.78 Å². The van der Waals surface area contributed by atoms with Crippen molar-refractivity contribution in [2.75, 3.05) is 0 Å². The van der Waals surface area contributed by atoms with Crippen molar-refractivity contribution in [3.8, 4) is 0 Å². The van der Waals surface area contributed by atoms with Crippen LogP contribution in [-0.2, 0) is 4.79 Å². The maximum absolute atomic E-state index is 13.1. The van der Waals surface area contributed by atoms with Gasteiger partial charge in [0.25, 0.3) is 0 Å². The monoisotopic (exact) mass is 214 g/mol. The van der Waals surface area contributed by atoms with Gasteiger partial charge in [0.2, 0.25) is 0 Å². The van der Waals surface area contributed by atoms with E-state index < -0.39 is 34.9 Å². The molecule has 3 nitrogen and oxygen atoms in total. The summed E-state index contributed by atoms with van der Waals surface area (Å²) < 4.78 is 25.6.